The van der Waals surface area contributed by atoms with Gasteiger partial charge in [-0.1, -0.05) is 65.5 Å². The molecule has 0 aromatic heterocycles. The van der Waals surface area contributed by atoms with Gasteiger partial charge in [0.05, 0.1) is 13.2 Å². The average molecular weight is 875 g/mol. The predicted molar refractivity (Wildman–Crippen MR) is 242 cm³/mol. The van der Waals surface area contributed by atoms with Gasteiger partial charge < -0.3 is 57.3 Å². The highest BCUT2D eigenvalue weighted by molar-refractivity contribution is 5.82. The molecule has 0 radical (unpaired) electrons. The van der Waals surface area contributed by atoms with E-state index in [2.05, 4.69) is 61.3 Å². The second kappa shape index (κ2) is 23.8. The molecule has 0 bridgehead atoms. The van der Waals surface area contributed by atoms with Crippen molar-refractivity contribution in [1.29, 1.82) is 0 Å². The van der Waals surface area contributed by atoms with Gasteiger partial charge in [0.2, 0.25) is 0 Å². The summed E-state index contributed by atoms with van der Waals surface area (Å²) in [5, 5.41) is 5.41. The molecule has 0 saturated heterocycles. The number of fused-ring (bicyclic) bond motifs is 5. The Bertz CT molecular complexity index is 1550. The zero-order chi connectivity index (χ0) is 45.5. The highest BCUT2D eigenvalue weighted by Crippen LogP contribution is 2.67. The van der Waals surface area contributed by atoms with Crippen LogP contribution < -0.4 is 33.6 Å². The Balaban J connectivity index is 1.07. The fourth-order valence-electron chi connectivity index (χ4n) is 11.4. The lowest BCUT2D eigenvalue weighted by Crippen LogP contribution is -2.51. The third-order valence-corrected chi connectivity index (χ3v) is 14.5. The van der Waals surface area contributed by atoms with Crippen molar-refractivity contribution < 1.29 is 38.1 Å². The van der Waals surface area contributed by atoms with Crippen LogP contribution >= 0.6 is 0 Å². The minimum absolute atomic E-state index is 0.00383. The average Bonchev–Trinajstić information content (AvgIpc) is 3.56. The molecule has 16 nitrogen and oxygen atoms in total. The Labute approximate surface area is 371 Å². The first-order valence-corrected chi connectivity index (χ1v) is 23.5. The SMILES string of the molecule is CC(C)CCCC(C)C1CCC2C3CC=C4CC(OC(=O)NCCOC(C)(C)OCCNC(=O)OCCOC(=O)C(CCCCN=C(N)N)N=C(N)N)CCC4(C)C3CCC12C. The number of hydrogen-bond donors (Lipinski definition) is 6. The molecule has 0 aromatic carbocycles. The quantitative estimate of drug-likeness (QED) is 0.0120. The topological polar surface area (TPSA) is 250 Å². The van der Waals surface area contributed by atoms with E-state index in [0.717, 1.165) is 54.8 Å². The standard InChI is InChI=1S/C46H82N8O8/c1-30(2)11-10-12-31(3)35-16-17-36-34-15-14-32-29-33(18-20-45(32,6)37(34)19-21-46(35,36)7)62-43(57)53-24-26-61-44(4,5)60-25-23-52-42(56)59-28-27-58-39(55)38(54-41(49)50)13-8-9-22-51-40(47)48/h14,30-31,33-38H,8-13,15-29H2,1-7H3,(H,52,56)(H,53,57)(H4,47,48,51)(H4,49,50,54). The van der Waals surface area contributed by atoms with Crippen LogP contribution in [0.1, 0.15) is 138 Å². The summed E-state index contributed by atoms with van der Waals surface area (Å²) in [7, 11) is 0. The van der Waals surface area contributed by atoms with Gasteiger partial charge in [-0.25, -0.2) is 19.4 Å². The van der Waals surface area contributed by atoms with Crippen molar-refractivity contribution in [2.24, 2.45) is 79.3 Å². The van der Waals surface area contributed by atoms with Gasteiger partial charge in [-0.2, -0.15) is 0 Å². The summed E-state index contributed by atoms with van der Waals surface area (Å²) in [5.74, 6) is 2.94. The Kier molecular flexibility index (Phi) is 19.5. The van der Waals surface area contributed by atoms with Gasteiger partial charge in [0.25, 0.3) is 0 Å². The maximum atomic E-state index is 12.9. The van der Waals surface area contributed by atoms with E-state index in [1.165, 1.54) is 56.9 Å². The molecule has 4 aliphatic carbocycles. The second-order valence-corrected chi connectivity index (χ2v) is 19.7. The predicted octanol–water partition coefficient (Wildman–Crippen LogP) is 6.25. The van der Waals surface area contributed by atoms with Crippen LogP contribution in [-0.2, 0) is 28.5 Å². The summed E-state index contributed by atoms with van der Waals surface area (Å²) in [5.41, 5.74) is 23.7. The van der Waals surface area contributed by atoms with Crippen molar-refractivity contribution >= 4 is 30.1 Å². The number of aliphatic imine (C=N–C) groups is 2. The lowest BCUT2D eigenvalue weighted by atomic mass is 9.47. The van der Waals surface area contributed by atoms with Crippen LogP contribution in [0.3, 0.4) is 0 Å². The van der Waals surface area contributed by atoms with Gasteiger partial charge in [0.1, 0.15) is 19.3 Å². The number of rotatable bonds is 24. The largest absolute Gasteiger partial charge is 0.460 e. The molecular formula is C46H82N8O8. The zero-order valence-electron chi connectivity index (χ0n) is 39.0. The fraction of sp³-hybridized carbons (Fsp3) is 0.848. The lowest BCUT2D eigenvalue weighted by Gasteiger charge is -2.58. The lowest BCUT2D eigenvalue weighted by molar-refractivity contribution is -0.211. The van der Waals surface area contributed by atoms with Crippen LogP contribution in [0.5, 0.6) is 0 Å². The third-order valence-electron chi connectivity index (χ3n) is 14.5. The first-order chi connectivity index (χ1) is 29.3. The van der Waals surface area contributed by atoms with E-state index in [4.69, 9.17) is 46.6 Å². The number of unbranched alkanes of at least 4 members (excludes halogenated alkanes) is 1. The molecule has 0 aliphatic heterocycles. The van der Waals surface area contributed by atoms with Crippen molar-refractivity contribution in [3.8, 4) is 0 Å². The number of ether oxygens (including phenoxy) is 5. The molecule has 354 valence electrons. The van der Waals surface area contributed by atoms with Gasteiger partial charge in [-0.05, 0) is 124 Å². The van der Waals surface area contributed by atoms with Gasteiger partial charge in [-0.15, -0.1) is 0 Å². The first-order valence-electron chi connectivity index (χ1n) is 23.5. The number of hydrogen-bond acceptors (Lipinski definition) is 10. The highest BCUT2D eigenvalue weighted by atomic mass is 16.7. The Morgan fingerprint density at radius 2 is 1.50 bits per heavy atom. The summed E-state index contributed by atoms with van der Waals surface area (Å²) >= 11 is 0. The van der Waals surface area contributed by atoms with Crippen LogP contribution in [0.25, 0.3) is 0 Å². The molecule has 10 N–H and O–H groups in total. The minimum atomic E-state index is -0.969. The molecule has 2 amide bonds. The Morgan fingerprint density at radius 3 is 2.18 bits per heavy atom. The second-order valence-electron chi connectivity index (χ2n) is 19.7. The van der Waals surface area contributed by atoms with Crippen LogP contribution in [0, 0.1) is 46.3 Å². The van der Waals surface area contributed by atoms with Gasteiger partial charge in [0.15, 0.2) is 23.7 Å². The summed E-state index contributed by atoms with van der Waals surface area (Å²) < 4.78 is 27.8. The van der Waals surface area contributed by atoms with E-state index in [-0.39, 0.29) is 63.0 Å². The van der Waals surface area contributed by atoms with Crippen LogP contribution in [0.15, 0.2) is 21.6 Å². The van der Waals surface area contributed by atoms with E-state index in [1.54, 1.807) is 13.8 Å². The van der Waals surface area contributed by atoms with Gasteiger partial charge in [0, 0.05) is 26.1 Å². The van der Waals surface area contributed by atoms with Crippen LogP contribution in [0.2, 0.25) is 0 Å². The van der Waals surface area contributed by atoms with Crippen molar-refractivity contribution in [2.45, 2.75) is 156 Å². The van der Waals surface area contributed by atoms with Gasteiger partial charge >= 0.3 is 18.2 Å². The number of alkyl carbamates (subject to hydrolysis) is 2. The number of carbonyl (C=O) groups is 3. The third kappa shape index (κ3) is 14.9. The summed E-state index contributed by atoms with van der Waals surface area (Å²) in [6.07, 6.45) is 16.4. The molecule has 62 heavy (non-hydrogen) atoms. The van der Waals surface area contributed by atoms with Crippen LogP contribution in [0.4, 0.5) is 9.59 Å². The van der Waals surface area contributed by atoms with Crippen molar-refractivity contribution in [1.82, 2.24) is 10.6 Å². The minimum Gasteiger partial charge on any atom is -0.460 e. The zero-order valence-corrected chi connectivity index (χ0v) is 39.0. The number of allylic oxidation sites excluding steroid dienone is 1. The van der Waals surface area contributed by atoms with E-state index in [0.29, 0.717) is 31.2 Å². The van der Waals surface area contributed by atoms with Crippen molar-refractivity contribution in [3.63, 3.8) is 0 Å². The molecule has 9 unspecified atom stereocenters. The Morgan fingerprint density at radius 1 is 0.806 bits per heavy atom. The van der Waals surface area contributed by atoms with Crippen molar-refractivity contribution in [2.75, 3.05) is 46.1 Å². The molecular weight excluding hydrogens is 793 g/mol. The first kappa shape index (κ1) is 50.9. The number of amides is 2. The molecule has 9 atom stereocenters. The fourth-order valence-corrected chi connectivity index (χ4v) is 11.4. The monoisotopic (exact) mass is 875 g/mol. The molecule has 0 spiro atoms. The maximum absolute atomic E-state index is 12.9. The van der Waals surface area contributed by atoms with Crippen LogP contribution in [-0.4, -0.2) is 94.1 Å². The molecule has 16 heteroatoms. The number of carbonyl (C=O) groups excluding carboxylic acids is 3. The van der Waals surface area contributed by atoms with E-state index in [1.807, 2.05) is 0 Å². The number of nitrogens with zero attached hydrogens (tertiary/aromatic N) is 2. The summed E-state index contributed by atoms with van der Waals surface area (Å²) in [6.45, 7) is 16.8. The summed E-state index contributed by atoms with van der Waals surface area (Å²) in [6, 6.07) is -0.894. The Hall–Kier alpha value is -3.79. The molecule has 4 aliphatic rings. The molecule has 0 aromatic rings. The van der Waals surface area contributed by atoms with Gasteiger partial charge in [-0.3, -0.25) is 4.99 Å². The number of nitrogens with two attached hydrogens (primary N) is 4. The summed E-state index contributed by atoms with van der Waals surface area (Å²) in [4.78, 5) is 45.2. The van der Waals surface area contributed by atoms with E-state index >= 15 is 0 Å². The number of nitrogens with one attached hydrogen (secondary N) is 2. The van der Waals surface area contributed by atoms with E-state index in [9.17, 15) is 14.4 Å². The maximum Gasteiger partial charge on any atom is 0.407 e. The normalized spacial score (nSPS) is 27.6. The van der Waals surface area contributed by atoms with E-state index < -0.39 is 30.0 Å². The molecule has 3 saturated carbocycles. The molecule has 4 rings (SSSR count). The molecule has 0 heterocycles. The van der Waals surface area contributed by atoms with Crippen molar-refractivity contribution in [3.05, 3.63) is 11.6 Å². The smallest absolute Gasteiger partial charge is 0.407 e. The number of esters is 1. The molecule has 3 fully saturated rings. The highest BCUT2D eigenvalue weighted by Gasteiger charge is 2.59. The number of guanidine groups is 2.